The van der Waals surface area contributed by atoms with Gasteiger partial charge in [-0.1, -0.05) is 18.2 Å². The van der Waals surface area contributed by atoms with E-state index in [0.29, 0.717) is 34.7 Å². The number of benzene rings is 2. The standard InChI is InChI=1S/C16H15FO4/c1-19-14-7-11(9-18)8-15(20-2)16(14)21-10-12-5-3-4-6-13(12)17/h3-9H,10H2,1-2H3. The summed E-state index contributed by atoms with van der Waals surface area (Å²) in [4.78, 5) is 10.9. The summed E-state index contributed by atoms with van der Waals surface area (Å²) >= 11 is 0. The predicted octanol–water partition coefficient (Wildman–Crippen LogP) is 3.23. The van der Waals surface area contributed by atoms with Crippen molar-refractivity contribution in [3.8, 4) is 17.2 Å². The summed E-state index contributed by atoms with van der Waals surface area (Å²) < 4.78 is 29.6. The van der Waals surface area contributed by atoms with Crippen molar-refractivity contribution >= 4 is 6.29 Å². The molecule has 4 nitrogen and oxygen atoms in total. The molecule has 0 saturated heterocycles. The molecule has 21 heavy (non-hydrogen) atoms. The second-order valence-corrected chi connectivity index (χ2v) is 4.25. The molecule has 0 atom stereocenters. The minimum atomic E-state index is -0.347. The second-order valence-electron chi connectivity index (χ2n) is 4.25. The third-order valence-corrected chi connectivity index (χ3v) is 2.95. The average molecular weight is 290 g/mol. The Balaban J connectivity index is 2.30. The average Bonchev–Trinajstić information content (AvgIpc) is 2.53. The van der Waals surface area contributed by atoms with Gasteiger partial charge < -0.3 is 14.2 Å². The third-order valence-electron chi connectivity index (χ3n) is 2.95. The maximum Gasteiger partial charge on any atom is 0.203 e. The van der Waals surface area contributed by atoms with Crippen LogP contribution in [0, 0.1) is 5.82 Å². The molecule has 0 fully saturated rings. The Hall–Kier alpha value is -2.56. The van der Waals surface area contributed by atoms with Gasteiger partial charge in [0.25, 0.3) is 0 Å². The number of carbonyl (C=O) groups is 1. The number of aldehydes is 1. The van der Waals surface area contributed by atoms with Crippen molar-refractivity contribution in [3.63, 3.8) is 0 Å². The normalized spacial score (nSPS) is 10.0. The maximum absolute atomic E-state index is 13.6. The largest absolute Gasteiger partial charge is 0.493 e. The summed E-state index contributed by atoms with van der Waals surface area (Å²) in [7, 11) is 2.92. The lowest BCUT2D eigenvalue weighted by Gasteiger charge is -2.15. The van der Waals surface area contributed by atoms with Gasteiger partial charge in [0.1, 0.15) is 18.7 Å². The Labute approximate surface area is 122 Å². The molecule has 2 aromatic carbocycles. The molecule has 0 N–H and O–H groups in total. The van der Waals surface area contributed by atoms with Crippen molar-refractivity contribution in [1.82, 2.24) is 0 Å². The van der Waals surface area contributed by atoms with E-state index in [-0.39, 0.29) is 12.4 Å². The molecular weight excluding hydrogens is 275 g/mol. The molecule has 0 aliphatic rings. The van der Waals surface area contributed by atoms with Crippen molar-refractivity contribution in [2.24, 2.45) is 0 Å². The Kier molecular flexibility index (Phi) is 4.77. The van der Waals surface area contributed by atoms with Crippen LogP contribution in [-0.4, -0.2) is 20.5 Å². The van der Waals surface area contributed by atoms with Crippen LogP contribution in [-0.2, 0) is 6.61 Å². The van der Waals surface area contributed by atoms with E-state index in [4.69, 9.17) is 14.2 Å². The number of ether oxygens (including phenoxy) is 3. The summed E-state index contributed by atoms with van der Waals surface area (Å²) in [6.07, 6.45) is 0.686. The first-order chi connectivity index (χ1) is 10.2. The van der Waals surface area contributed by atoms with E-state index in [2.05, 4.69) is 0 Å². The number of halogens is 1. The Morgan fingerprint density at radius 1 is 1.10 bits per heavy atom. The number of methoxy groups -OCH3 is 2. The molecule has 2 aromatic rings. The van der Waals surface area contributed by atoms with Crippen LogP contribution >= 0.6 is 0 Å². The predicted molar refractivity (Wildman–Crippen MR) is 75.7 cm³/mol. The van der Waals surface area contributed by atoms with Gasteiger partial charge in [0, 0.05) is 11.1 Å². The lowest BCUT2D eigenvalue weighted by molar-refractivity contribution is 0.112. The fraction of sp³-hybridized carbons (Fsp3) is 0.188. The Bertz CT molecular complexity index is 615. The highest BCUT2D eigenvalue weighted by Gasteiger charge is 2.15. The molecule has 0 saturated carbocycles. The lowest BCUT2D eigenvalue weighted by atomic mass is 10.2. The van der Waals surface area contributed by atoms with Crippen molar-refractivity contribution in [2.75, 3.05) is 14.2 Å². The van der Waals surface area contributed by atoms with Crippen LogP contribution in [0.2, 0.25) is 0 Å². The summed E-state index contributed by atoms with van der Waals surface area (Å²) in [5.74, 6) is 0.689. The fourth-order valence-corrected chi connectivity index (χ4v) is 1.88. The van der Waals surface area contributed by atoms with Crippen LogP contribution in [0.3, 0.4) is 0 Å². The van der Waals surface area contributed by atoms with E-state index >= 15 is 0 Å². The van der Waals surface area contributed by atoms with Crippen LogP contribution in [0.5, 0.6) is 17.2 Å². The van der Waals surface area contributed by atoms with Crippen LogP contribution < -0.4 is 14.2 Å². The molecule has 0 radical (unpaired) electrons. The van der Waals surface area contributed by atoms with E-state index in [1.165, 1.54) is 32.4 Å². The first-order valence-corrected chi connectivity index (χ1v) is 6.27. The first-order valence-electron chi connectivity index (χ1n) is 6.27. The molecule has 0 heterocycles. The quantitative estimate of drug-likeness (QED) is 0.766. The zero-order valence-corrected chi connectivity index (χ0v) is 11.8. The summed E-state index contributed by atoms with van der Waals surface area (Å²) in [5.41, 5.74) is 0.822. The first kappa shape index (κ1) is 14.8. The van der Waals surface area contributed by atoms with Gasteiger partial charge in [0.15, 0.2) is 11.5 Å². The SMILES string of the molecule is COc1cc(C=O)cc(OC)c1OCc1ccccc1F. The topological polar surface area (TPSA) is 44.8 Å². The minimum Gasteiger partial charge on any atom is -0.493 e. The van der Waals surface area contributed by atoms with Crippen molar-refractivity contribution in [2.45, 2.75) is 6.61 Å². The number of hydrogen-bond donors (Lipinski definition) is 0. The molecular formula is C16H15FO4. The molecule has 0 bridgehead atoms. The summed E-state index contributed by atoms with van der Waals surface area (Å²) in [6.45, 7) is 0.0276. The molecule has 2 rings (SSSR count). The van der Waals surface area contributed by atoms with E-state index in [9.17, 15) is 9.18 Å². The third kappa shape index (κ3) is 3.31. The highest BCUT2D eigenvalue weighted by molar-refractivity contribution is 5.78. The summed E-state index contributed by atoms with van der Waals surface area (Å²) in [5, 5.41) is 0. The van der Waals surface area contributed by atoms with Gasteiger partial charge in [-0.2, -0.15) is 0 Å². The number of hydrogen-bond acceptors (Lipinski definition) is 4. The van der Waals surface area contributed by atoms with Gasteiger partial charge in [-0.05, 0) is 18.2 Å². The Morgan fingerprint density at radius 2 is 1.71 bits per heavy atom. The molecule has 5 heteroatoms. The van der Waals surface area contributed by atoms with Gasteiger partial charge in [0.05, 0.1) is 14.2 Å². The Morgan fingerprint density at radius 3 is 2.24 bits per heavy atom. The van der Waals surface area contributed by atoms with Crippen molar-refractivity contribution in [1.29, 1.82) is 0 Å². The zero-order valence-electron chi connectivity index (χ0n) is 11.8. The monoisotopic (exact) mass is 290 g/mol. The molecule has 0 aliphatic heterocycles. The number of rotatable bonds is 6. The molecule has 0 aromatic heterocycles. The van der Waals surface area contributed by atoms with Gasteiger partial charge >= 0.3 is 0 Å². The second kappa shape index (κ2) is 6.74. The maximum atomic E-state index is 13.6. The summed E-state index contributed by atoms with van der Waals surface area (Å²) in [6, 6.07) is 9.40. The highest BCUT2D eigenvalue weighted by Crippen LogP contribution is 2.38. The van der Waals surface area contributed by atoms with E-state index in [1.54, 1.807) is 18.2 Å². The molecule has 0 spiro atoms. The highest BCUT2D eigenvalue weighted by atomic mass is 19.1. The van der Waals surface area contributed by atoms with Gasteiger partial charge in [0.2, 0.25) is 5.75 Å². The fourth-order valence-electron chi connectivity index (χ4n) is 1.88. The van der Waals surface area contributed by atoms with Crippen molar-refractivity contribution in [3.05, 3.63) is 53.3 Å². The molecule has 0 amide bonds. The van der Waals surface area contributed by atoms with E-state index in [1.807, 2.05) is 0 Å². The van der Waals surface area contributed by atoms with Gasteiger partial charge in [-0.25, -0.2) is 4.39 Å². The zero-order chi connectivity index (χ0) is 15.2. The smallest absolute Gasteiger partial charge is 0.203 e. The van der Waals surface area contributed by atoms with Gasteiger partial charge in [-0.15, -0.1) is 0 Å². The van der Waals surface area contributed by atoms with Crippen molar-refractivity contribution < 1.29 is 23.4 Å². The van der Waals surface area contributed by atoms with Crippen LogP contribution in [0.25, 0.3) is 0 Å². The van der Waals surface area contributed by atoms with E-state index < -0.39 is 0 Å². The van der Waals surface area contributed by atoms with Crippen LogP contribution in [0.4, 0.5) is 4.39 Å². The van der Waals surface area contributed by atoms with Gasteiger partial charge in [-0.3, -0.25) is 4.79 Å². The molecule has 110 valence electrons. The van der Waals surface area contributed by atoms with Crippen LogP contribution in [0.1, 0.15) is 15.9 Å². The van der Waals surface area contributed by atoms with E-state index in [0.717, 1.165) is 0 Å². The molecule has 0 aliphatic carbocycles. The number of carbonyl (C=O) groups excluding carboxylic acids is 1. The molecule has 0 unspecified atom stereocenters. The lowest BCUT2D eigenvalue weighted by Crippen LogP contribution is -2.02. The van der Waals surface area contributed by atoms with Crippen LogP contribution in [0.15, 0.2) is 36.4 Å². The minimum absolute atomic E-state index is 0.0276.